The topological polar surface area (TPSA) is 96.3 Å². The van der Waals surface area contributed by atoms with Crippen molar-refractivity contribution < 1.29 is 9.53 Å². The summed E-state index contributed by atoms with van der Waals surface area (Å²) >= 11 is 0. The lowest BCUT2D eigenvalue weighted by Crippen LogP contribution is -2.46. The van der Waals surface area contributed by atoms with Crippen molar-refractivity contribution in [2.24, 2.45) is 0 Å². The van der Waals surface area contributed by atoms with Crippen LogP contribution in [0.25, 0.3) is 11.3 Å². The van der Waals surface area contributed by atoms with E-state index in [1.165, 1.54) is 0 Å². The number of amides is 1. The van der Waals surface area contributed by atoms with Crippen molar-refractivity contribution >= 4 is 17.5 Å². The van der Waals surface area contributed by atoms with E-state index in [1.807, 2.05) is 45.0 Å². The molecule has 2 aromatic rings. The first-order valence-electron chi connectivity index (χ1n) is 8.95. The van der Waals surface area contributed by atoms with Crippen molar-refractivity contribution in [2.75, 3.05) is 24.1 Å². The first-order valence-corrected chi connectivity index (χ1v) is 8.95. The van der Waals surface area contributed by atoms with E-state index in [2.05, 4.69) is 15.5 Å². The summed E-state index contributed by atoms with van der Waals surface area (Å²) in [7, 11) is 0. The van der Waals surface area contributed by atoms with Gasteiger partial charge in [0.25, 0.3) is 0 Å². The molecule has 1 atom stereocenters. The molecule has 0 spiro atoms. The Labute approximate surface area is 153 Å². The number of H-pyrrole nitrogens is 1. The van der Waals surface area contributed by atoms with Crippen molar-refractivity contribution in [2.45, 2.75) is 45.3 Å². The Kier molecular flexibility index (Phi) is 5.06. The van der Waals surface area contributed by atoms with E-state index in [-0.39, 0.29) is 12.1 Å². The van der Waals surface area contributed by atoms with Gasteiger partial charge in [0, 0.05) is 30.4 Å². The van der Waals surface area contributed by atoms with Crippen LogP contribution in [-0.4, -0.2) is 45.9 Å². The lowest BCUT2D eigenvalue weighted by Gasteiger charge is -2.34. The zero-order valence-electron chi connectivity index (χ0n) is 15.6. The molecule has 1 aromatic carbocycles. The van der Waals surface area contributed by atoms with Gasteiger partial charge in [0.05, 0.1) is 17.6 Å². The van der Waals surface area contributed by atoms with E-state index in [9.17, 15) is 4.79 Å². The van der Waals surface area contributed by atoms with Gasteiger partial charge in [0.1, 0.15) is 5.60 Å². The maximum atomic E-state index is 12.3. The van der Waals surface area contributed by atoms with Crippen LogP contribution in [0.15, 0.2) is 30.5 Å². The number of nitrogens with two attached hydrogens (primary N) is 1. The number of hydrogen-bond acceptors (Lipinski definition) is 5. The second-order valence-corrected chi connectivity index (χ2v) is 7.69. The van der Waals surface area contributed by atoms with Gasteiger partial charge in [-0.15, -0.1) is 0 Å². The molecule has 1 aliphatic rings. The molecule has 0 bridgehead atoms. The number of nitrogens with one attached hydrogen (secondary N) is 2. The number of nitrogens with zero attached hydrogens (tertiary/aromatic N) is 2. The highest BCUT2D eigenvalue weighted by atomic mass is 16.6. The van der Waals surface area contributed by atoms with Gasteiger partial charge in [-0.2, -0.15) is 5.10 Å². The van der Waals surface area contributed by atoms with Gasteiger partial charge in [0.15, 0.2) is 0 Å². The van der Waals surface area contributed by atoms with Crippen molar-refractivity contribution in [1.82, 2.24) is 15.1 Å². The molecule has 26 heavy (non-hydrogen) atoms. The van der Waals surface area contributed by atoms with Crippen molar-refractivity contribution in [3.63, 3.8) is 0 Å². The first-order chi connectivity index (χ1) is 12.3. The number of anilines is 2. The highest BCUT2D eigenvalue weighted by Gasteiger charge is 2.27. The fourth-order valence-electron chi connectivity index (χ4n) is 3.08. The Hall–Kier alpha value is -2.70. The Balaban J connectivity index is 1.60. The summed E-state index contributed by atoms with van der Waals surface area (Å²) in [5.74, 6) is 0. The standard InChI is InChI=1S/C19H27N5O2/c1-19(2,3)26-18(25)24-10-4-5-15(12-24)22-14-8-6-13(7-9-14)17-16(20)11-21-23-17/h6-9,11,15,22H,4-5,10,12,20H2,1-3H3,(H,21,23). The summed E-state index contributed by atoms with van der Waals surface area (Å²) in [6.45, 7) is 7.05. The minimum atomic E-state index is -0.470. The third-order valence-electron chi connectivity index (χ3n) is 4.29. The minimum absolute atomic E-state index is 0.208. The summed E-state index contributed by atoms with van der Waals surface area (Å²) in [6.07, 6.45) is 3.34. The van der Waals surface area contributed by atoms with Crippen LogP contribution < -0.4 is 11.1 Å². The smallest absolute Gasteiger partial charge is 0.410 e. The van der Waals surface area contributed by atoms with Gasteiger partial charge in [-0.3, -0.25) is 5.10 Å². The summed E-state index contributed by atoms with van der Waals surface area (Å²) in [4.78, 5) is 14.1. The van der Waals surface area contributed by atoms with E-state index in [0.29, 0.717) is 12.2 Å². The van der Waals surface area contributed by atoms with Crippen molar-refractivity contribution in [3.8, 4) is 11.3 Å². The molecule has 7 nitrogen and oxygen atoms in total. The maximum Gasteiger partial charge on any atom is 0.410 e. The molecule has 0 radical (unpaired) electrons. The molecule has 1 saturated heterocycles. The van der Waals surface area contributed by atoms with Crippen LogP contribution in [0.5, 0.6) is 0 Å². The number of carbonyl (C=O) groups is 1. The third kappa shape index (κ3) is 4.47. The van der Waals surface area contributed by atoms with E-state index >= 15 is 0 Å². The number of piperidine rings is 1. The van der Waals surface area contributed by atoms with Gasteiger partial charge >= 0.3 is 6.09 Å². The lowest BCUT2D eigenvalue weighted by atomic mass is 10.1. The molecular weight excluding hydrogens is 330 g/mol. The normalized spacial score (nSPS) is 17.8. The van der Waals surface area contributed by atoms with Gasteiger partial charge in [0.2, 0.25) is 0 Å². The van der Waals surface area contributed by atoms with E-state index in [0.717, 1.165) is 36.3 Å². The highest BCUT2D eigenvalue weighted by molar-refractivity contribution is 5.73. The molecule has 7 heteroatoms. The van der Waals surface area contributed by atoms with Gasteiger partial charge in [-0.1, -0.05) is 12.1 Å². The number of rotatable bonds is 3. The fourth-order valence-corrected chi connectivity index (χ4v) is 3.08. The van der Waals surface area contributed by atoms with Gasteiger partial charge < -0.3 is 20.7 Å². The van der Waals surface area contributed by atoms with Gasteiger partial charge in [-0.25, -0.2) is 4.79 Å². The molecule has 3 rings (SSSR count). The third-order valence-corrected chi connectivity index (χ3v) is 4.29. The number of nitrogen functional groups attached to an aromatic ring is 1. The zero-order valence-corrected chi connectivity index (χ0v) is 15.6. The number of aromatic amines is 1. The average molecular weight is 357 g/mol. The van der Waals surface area contributed by atoms with Crippen molar-refractivity contribution in [1.29, 1.82) is 0 Å². The van der Waals surface area contributed by atoms with E-state index in [1.54, 1.807) is 11.1 Å². The molecule has 1 unspecified atom stereocenters. The molecule has 2 heterocycles. The number of aromatic nitrogens is 2. The molecule has 1 amide bonds. The summed E-state index contributed by atoms with van der Waals surface area (Å²) < 4.78 is 5.48. The second-order valence-electron chi connectivity index (χ2n) is 7.69. The number of benzene rings is 1. The van der Waals surface area contributed by atoms with E-state index < -0.39 is 5.60 Å². The summed E-state index contributed by atoms with van der Waals surface area (Å²) in [5, 5.41) is 10.4. The van der Waals surface area contributed by atoms with Gasteiger partial charge in [-0.05, 0) is 45.7 Å². The minimum Gasteiger partial charge on any atom is -0.444 e. The van der Waals surface area contributed by atoms with Crippen LogP contribution in [0.2, 0.25) is 0 Å². The molecule has 4 N–H and O–H groups in total. The number of hydrogen-bond donors (Lipinski definition) is 3. The Morgan fingerprint density at radius 2 is 2.08 bits per heavy atom. The number of ether oxygens (including phenoxy) is 1. The largest absolute Gasteiger partial charge is 0.444 e. The van der Waals surface area contributed by atoms with Crippen LogP contribution >= 0.6 is 0 Å². The van der Waals surface area contributed by atoms with Crippen molar-refractivity contribution in [3.05, 3.63) is 30.5 Å². The molecule has 1 fully saturated rings. The average Bonchev–Trinajstić information content (AvgIpc) is 3.00. The zero-order chi connectivity index (χ0) is 18.7. The van der Waals surface area contributed by atoms with Crippen LogP contribution in [0.4, 0.5) is 16.2 Å². The number of carbonyl (C=O) groups excluding carboxylic acids is 1. The van der Waals surface area contributed by atoms with Crippen LogP contribution in [-0.2, 0) is 4.74 Å². The second kappa shape index (κ2) is 7.27. The van der Waals surface area contributed by atoms with Crippen LogP contribution in [0.1, 0.15) is 33.6 Å². The molecule has 1 aliphatic heterocycles. The molecule has 0 saturated carbocycles. The Morgan fingerprint density at radius 3 is 2.69 bits per heavy atom. The Morgan fingerprint density at radius 1 is 1.35 bits per heavy atom. The first kappa shape index (κ1) is 18.1. The van der Waals surface area contributed by atoms with Crippen LogP contribution in [0.3, 0.4) is 0 Å². The van der Waals surface area contributed by atoms with Crippen LogP contribution in [0, 0.1) is 0 Å². The SMILES string of the molecule is CC(C)(C)OC(=O)N1CCCC(Nc2ccc(-c3[nH]ncc3N)cc2)C1. The lowest BCUT2D eigenvalue weighted by molar-refractivity contribution is 0.0206. The predicted molar refractivity (Wildman–Crippen MR) is 103 cm³/mol. The summed E-state index contributed by atoms with van der Waals surface area (Å²) in [5.41, 5.74) is 8.88. The molecular formula is C19H27N5O2. The maximum absolute atomic E-state index is 12.3. The molecule has 1 aromatic heterocycles. The van der Waals surface area contributed by atoms with E-state index in [4.69, 9.17) is 10.5 Å². The fraction of sp³-hybridized carbons (Fsp3) is 0.474. The molecule has 140 valence electrons. The highest BCUT2D eigenvalue weighted by Crippen LogP contribution is 2.25. The quantitative estimate of drug-likeness (QED) is 0.781. The molecule has 0 aliphatic carbocycles. The summed E-state index contributed by atoms with van der Waals surface area (Å²) in [6, 6.07) is 8.24. The monoisotopic (exact) mass is 357 g/mol. The number of likely N-dealkylation sites (tertiary alicyclic amines) is 1. The Bertz CT molecular complexity index is 748. The predicted octanol–water partition coefficient (Wildman–Crippen LogP) is 3.47.